The minimum absolute atomic E-state index is 0.133. The first-order chi connectivity index (χ1) is 11.6. The SMILES string of the molecule is CC(C)N(C)C[C@@H]1CO[C@]2(COCCN(Cc3ccncc3)C2)C1. The highest BCUT2D eigenvalue weighted by atomic mass is 16.5. The maximum Gasteiger partial charge on any atom is 0.104 e. The third kappa shape index (κ3) is 4.54. The predicted octanol–water partition coefficient (Wildman–Crippen LogP) is 2.03. The second kappa shape index (κ2) is 7.91. The van der Waals surface area contributed by atoms with Crippen LogP contribution in [0, 0.1) is 5.92 Å². The van der Waals surface area contributed by atoms with Crippen LogP contribution in [0.2, 0.25) is 0 Å². The molecule has 2 aliphatic heterocycles. The van der Waals surface area contributed by atoms with E-state index in [-0.39, 0.29) is 5.60 Å². The van der Waals surface area contributed by atoms with Crippen LogP contribution in [0.25, 0.3) is 0 Å². The van der Waals surface area contributed by atoms with Crippen LogP contribution < -0.4 is 0 Å². The van der Waals surface area contributed by atoms with Crippen LogP contribution in [-0.4, -0.2) is 72.9 Å². The Hall–Kier alpha value is -1.01. The third-order valence-electron chi connectivity index (χ3n) is 5.30. The summed E-state index contributed by atoms with van der Waals surface area (Å²) in [7, 11) is 2.20. The molecular weight excluding hydrogens is 302 g/mol. The lowest BCUT2D eigenvalue weighted by molar-refractivity contribution is -0.0563. The minimum atomic E-state index is -0.133. The van der Waals surface area contributed by atoms with Gasteiger partial charge in [-0.1, -0.05) is 0 Å². The Morgan fingerprint density at radius 1 is 1.38 bits per heavy atom. The molecule has 0 N–H and O–H groups in total. The maximum atomic E-state index is 6.32. The van der Waals surface area contributed by atoms with Crippen molar-refractivity contribution < 1.29 is 9.47 Å². The van der Waals surface area contributed by atoms with Gasteiger partial charge in [0.1, 0.15) is 5.60 Å². The van der Waals surface area contributed by atoms with Gasteiger partial charge in [0.15, 0.2) is 0 Å². The second-order valence-electron chi connectivity index (χ2n) is 7.72. The van der Waals surface area contributed by atoms with Gasteiger partial charge in [-0.15, -0.1) is 0 Å². The summed E-state index contributed by atoms with van der Waals surface area (Å²) in [5, 5.41) is 0. The lowest BCUT2D eigenvalue weighted by atomic mass is 9.93. The average molecular weight is 333 g/mol. The Morgan fingerprint density at radius 2 is 2.17 bits per heavy atom. The zero-order valence-corrected chi connectivity index (χ0v) is 15.3. The standard InChI is InChI=1S/C19H31N3O2/c1-16(2)21(3)11-18-10-19(24-13-18)14-22(8-9-23-15-19)12-17-4-6-20-7-5-17/h4-7,16,18H,8-15H2,1-3H3/t18-,19-/m1/s1. The van der Waals surface area contributed by atoms with Crippen molar-refractivity contribution in [2.24, 2.45) is 5.92 Å². The molecule has 0 radical (unpaired) electrons. The van der Waals surface area contributed by atoms with Gasteiger partial charge in [0.2, 0.25) is 0 Å². The van der Waals surface area contributed by atoms with Gasteiger partial charge < -0.3 is 14.4 Å². The molecule has 0 saturated carbocycles. The first kappa shape index (κ1) is 17.8. The molecule has 24 heavy (non-hydrogen) atoms. The van der Waals surface area contributed by atoms with Gasteiger partial charge in [-0.2, -0.15) is 0 Å². The fourth-order valence-corrected chi connectivity index (χ4v) is 3.75. The van der Waals surface area contributed by atoms with Crippen LogP contribution >= 0.6 is 0 Å². The molecule has 134 valence electrons. The van der Waals surface area contributed by atoms with Gasteiger partial charge in [0.05, 0.1) is 19.8 Å². The molecule has 0 amide bonds. The van der Waals surface area contributed by atoms with Crippen LogP contribution in [-0.2, 0) is 16.0 Å². The monoisotopic (exact) mass is 333 g/mol. The zero-order chi connectivity index (χ0) is 17.0. The Kier molecular flexibility index (Phi) is 5.87. The molecule has 2 saturated heterocycles. The van der Waals surface area contributed by atoms with Crippen LogP contribution in [0.15, 0.2) is 24.5 Å². The molecule has 0 aliphatic carbocycles. The molecule has 1 aromatic rings. The van der Waals surface area contributed by atoms with E-state index in [1.807, 2.05) is 12.4 Å². The molecule has 5 nitrogen and oxygen atoms in total. The summed E-state index contributed by atoms with van der Waals surface area (Å²) >= 11 is 0. The predicted molar refractivity (Wildman–Crippen MR) is 94.9 cm³/mol. The molecule has 2 fully saturated rings. The van der Waals surface area contributed by atoms with E-state index in [0.29, 0.717) is 12.0 Å². The van der Waals surface area contributed by atoms with Crippen molar-refractivity contribution >= 4 is 0 Å². The van der Waals surface area contributed by atoms with Crippen molar-refractivity contribution in [3.63, 3.8) is 0 Å². The fraction of sp³-hybridized carbons (Fsp3) is 0.737. The largest absolute Gasteiger partial charge is 0.377 e. The molecule has 3 rings (SSSR count). The molecule has 3 heterocycles. The van der Waals surface area contributed by atoms with Crippen LogP contribution in [0.5, 0.6) is 0 Å². The third-order valence-corrected chi connectivity index (χ3v) is 5.30. The number of aromatic nitrogens is 1. The van der Waals surface area contributed by atoms with Crippen molar-refractivity contribution in [3.8, 4) is 0 Å². The van der Waals surface area contributed by atoms with Gasteiger partial charge in [-0.05, 0) is 50.9 Å². The van der Waals surface area contributed by atoms with E-state index in [1.165, 1.54) is 5.56 Å². The summed E-state index contributed by atoms with van der Waals surface area (Å²) in [6.07, 6.45) is 4.82. The van der Waals surface area contributed by atoms with Crippen LogP contribution in [0.4, 0.5) is 0 Å². The number of ether oxygens (including phenoxy) is 2. The molecule has 2 aliphatic rings. The summed E-state index contributed by atoms with van der Waals surface area (Å²) in [5.74, 6) is 0.599. The van der Waals surface area contributed by atoms with E-state index < -0.39 is 0 Å². The van der Waals surface area contributed by atoms with E-state index in [0.717, 1.165) is 52.4 Å². The molecule has 0 aromatic carbocycles. The van der Waals surface area contributed by atoms with Crippen molar-refractivity contribution in [1.29, 1.82) is 0 Å². The van der Waals surface area contributed by atoms with E-state index in [1.54, 1.807) is 0 Å². The number of pyridine rings is 1. The Balaban J connectivity index is 1.60. The average Bonchev–Trinajstić information content (AvgIpc) is 2.83. The highest BCUT2D eigenvalue weighted by Gasteiger charge is 2.43. The van der Waals surface area contributed by atoms with Gasteiger partial charge in [-0.3, -0.25) is 9.88 Å². The summed E-state index contributed by atoms with van der Waals surface area (Å²) in [4.78, 5) is 8.99. The number of hydrogen-bond acceptors (Lipinski definition) is 5. The molecule has 2 atom stereocenters. The summed E-state index contributed by atoms with van der Waals surface area (Å²) in [6.45, 7) is 10.8. The van der Waals surface area contributed by atoms with Crippen molar-refractivity contribution in [1.82, 2.24) is 14.8 Å². The smallest absolute Gasteiger partial charge is 0.104 e. The summed E-state index contributed by atoms with van der Waals surface area (Å²) in [6, 6.07) is 4.76. The lowest BCUT2D eigenvalue weighted by Gasteiger charge is -2.31. The van der Waals surface area contributed by atoms with Gasteiger partial charge in [0.25, 0.3) is 0 Å². The van der Waals surface area contributed by atoms with E-state index in [2.05, 4.69) is 47.8 Å². The zero-order valence-electron chi connectivity index (χ0n) is 15.3. The van der Waals surface area contributed by atoms with Crippen LogP contribution in [0.1, 0.15) is 25.8 Å². The maximum absolute atomic E-state index is 6.32. The molecular formula is C19H31N3O2. The van der Waals surface area contributed by atoms with Gasteiger partial charge in [-0.25, -0.2) is 0 Å². The van der Waals surface area contributed by atoms with Crippen LogP contribution in [0.3, 0.4) is 0 Å². The van der Waals surface area contributed by atoms with E-state index in [4.69, 9.17) is 9.47 Å². The highest BCUT2D eigenvalue weighted by molar-refractivity contribution is 5.10. The fourth-order valence-electron chi connectivity index (χ4n) is 3.75. The first-order valence-electron chi connectivity index (χ1n) is 9.09. The first-order valence-corrected chi connectivity index (χ1v) is 9.09. The normalized spacial score (nSPS) is 28.8. The van der Waals surface area contributed by atoms with E-state index in [9.17, 15) is 0 Å². The quantitative estimate of drug-likeness (QED) is 0.824. The molecule has 0 unspecified atom stereocenters. The number of nitrogens with zero attached hydrogens (tertiary/aromatic N) is 3. The van der Waals surface area contributed by atoms with E-state index >= 15 is 0 Å². The Morgan fingerprint density at radius 3 is 2.92 bits per heavy atom. The topological polar surface area (TPSA) is 37.8 Å². The number of hydrogen-bond donors (Lipinski definition) is 0. The minimum Gasteiger partial charge on any atom is -0.377 e. The summed E-state index contributed by atoms with van der Waals surface area (Å²) in [5.41, 5.74) is 1.17. The lowest BCUT2D eigenvalue weighted by Crippen LogP contribution is -2.44. The molecule has 0 bridgehead atoms. The Labute approximate surface area is 145 Å². The van der Waals surface area contributed by atoms with Gasteiger partial charge >= 0.3 is 0 Å². The highest BCUT2D eigenvalue weighted by Crippen LogP contribution is 2.33. The Bertz CT molecular complexity index is 511. The van der Waals surface area contributed by atoms with Crippen molar-refractivity contribution in [2.75, 3.05) is 46.5 Å². The summed E-state index contributed by atoms with van der Waals surface area (Å²) < 4.78 is 12.2. The van der Waals surface area contributed by atoms with Crippen molar-refractivity contribution in [2.45, 2.75) is 38.5 Å². The number of rotatable bonds is 5. The molecule has 5 heteroatoms. The van der Waals surface area contributed by atoms with Crippen molar-refractivity contribution in [3.05, 3.63) is 30.1 Å². The van der Waals surface area contributed by atoms with Gasteiger partial charge in [0, 0.05) is 44.6 Å². The molecule has 1 aromatic heterocycles. The molecule has 1 spiro atoms. The second-order valence-corrected chi connectivity index (χ2v) is 7.72.